The number of hydrogen-bond acceptors (Lipinski definition) is 5. The van der Waals surface area contributed by atoms with Crippen LogP contribution in [0.3, 0.4) is 0 Å². The molecule has 2 aliphatic heterocycles. The minimum atomic E-state index is -0.335. The van der Waals surface area contributed by atoms with Crippen LogP contribution >= 0.6 is 0 Å². The second kappa shape index (κ2) is 7.53. The molecule has 3 heterocycles. The lowest BCUT2D eigenvalue weighted by Crippen LogP contribution is -2.52. The van der Waals surface area contributed by atoms with Crippen LogP contribution in [0.1, 0.15) is 43.0 Å². The van der Waals surface area contributed by atoms with E-state index in [9.17, 15) is 9.59 Å². The van der Waals surface area contributed by atoms with Crippen LogP contribution in [0.5, 0.6) is 0 Å². The van der Waals surface area contributed by atoms with E-state index >= 15 is 0 Å². The number of amides is 2. The Morgan fingerprint density at radius 3 is 2.72 bits per heavy atom. The maximum Gasteiger partial charge on any atom is 0.224 e. The number of ether oxygens (including phenoxy) is 1. The second-order valence-electron chi connectivity index (χ2n) is 6.83. The lowest BCUT2D eigenvalue weighted by molar-refractivity contribution is -0.135. The van der Waals surface area contributed by atoms with Crippen molar-refractivity contribution in [2.45, 2.75) is 52.4 Å². The van der Waals surface area contributed by atoms with Crippen LogP contribution in [0.25, 0.3) is 0 Å². The standard InChI is InChI=1S/C17H27N5O3/c1-11-10-15(23)19-17(18-11)22-13(3)14(12(2)20-22)4-5-16(24)21-6-8-25-9-7-21/h11,17-18H,4-10H2,1-3H3,(H,19,23). The molecule has 2 N–H and O–H groups in total. The lowest BCUT2D eigenvalue weighted by Gasteiger charge is -2.30. The molecule has 0 aliphatic carbocycles. The summed E-state index contributed by atoms with van der Waals surface area (Å²) < 4.78 is 7.11. The van der Waals surface area contributed by atoms with Gasteiger partial charge in [0.2, 0.25) is 11.8 Å². The van der Waals surface area contributed by atoms with Crippen LogP contribution < -0.4 is 10.6 Å². The fraction of sp³-hybridized carbons (Fsp3) is 0.706. The van der Waals surface area contributed by atoms with Gasteiger partial charge in [0.15, 0.2) is 6.29 Å². The van der Waals surface area contributed by atoms with Crippen molar-refractivity contribution in [3.63, 3.8) is 0 Å². The van der Waals surface area contributed by atoms with Gasteiger partial charge in [-0.15, -0.1) is 0 Å². The molecule has 0 saturated carbocycles. The molecular formula is C17H27N5O3. The summed E-state index contributed by atoms with van der Waals surface area (Å²) in [6, 6.07) is 0.106. The molecule has 2 fully saturated rings. The SMILES string of the molecule is Cc1nn(C2NC(=O)CC(C)N2)c(C)c1CCC(=O)N1CCOCC1. The molecule has 0 bridgehead atoms. The lowest BCUT2D eigenvalue weighted by atomic mass is 10.1. The Hall–Kier alpha value is -1.93. The Kier molecular flexibility index (Phi) is 5.39. The second-order valence-corrected chi connectivity index (χ2v) is 6.83. The minimum Gasteiger partial charge on any atom is -0.378 e. The summed E-state index contributed by atoms with van der Waals surface area (Å²) >= 11 is 0. The number of aromatic nitrogens is 2. The average Bonchev–Trinajstić information content (AvgIpc) is 2.87. The smallest absolute Gasteiger partial charge is 0.224 e. The van der Waals surface area contributed by atoms with E-state index in [1.54, 1.807) is 0 Å². The predicted octanol–water partition coefficient (Wildman–Crippen LogP) is 0.245. The normalized spacial score (nSPS) is 24.3. The predicted molar refractivity (Wildman–Crippen MR) is 91.8 cm³/mol. The van der Waals surface area contributed by atoms with Crippen LogP contribution in [0, 0.1) is 13.8 Å². The number of aryl methyl sites for hydroxylation is 1. The van der Waals surface area contributed by atoms with Crippen LogP contribution in [-0.4, -0.2) is 58.8 Å². The van der Waals surface area contributed by atoms with Gasteiger partial charge in [-0.2, -0.15) is 5.10 Å². The van der Waals surface area contributed by atoms with Gasteiger partial charge in [0.1, 0.15) is 0 Å². The van der Waals surface area contributed by atoms with Crippen LogP contribution in [-0.2, 0) is 20.7 Å². The third-order valence-electron chi connectivity index (χ3n) is 4.90. The molecule has 0 aromatic carbocycles. The summed E-state index contributed by atoms with van der Waals surface area (Å²) in [7, 11) is 0. The topological polar surface area (TPSA) is 88.5 Å². The molecule has 0 spiro atoms. The van der Waals surface area contributed by atoms with Crippen molar-refractivity contribution in [3.8, 4) is 0 Å². The molecule has 1 aromatic heterocycles. The zero-order valence-corrected chi connectivity index (χ0v) is 15.2. The molecule has 25 heavy (non-hydrogen) atoms. The summed E-state index contributed by atoms with van der Waals surface area (Å²) in [5, 5.41) is 10.9. The monoisotopic (exact) mass is 349 g/mol. The summed E-state index contributed by atoms with van der Waals surface area (Å²) in [5.41, 5.74) is 2.97. The van der Waals surface area contributed by atoms with Crippen molar-refractivity contribution in [1.29, 1.82) is 0 Å². The first kappa shape index (κ1) is 17.9. The van der Waals surface area contributed by atoms with Gasteiger partial charge in [-0.3, -0.25) is 14.9 Å². The van der Waals surface area contributed by atoms with E-state index in [0.29, 0.717) is 45.6 Å². The van der Waals surface area contributed by atoms with Gasteiger partial charge >= 0.3 is 0 Å². The van der Waals surface area contributed by atoms with Gasteiger partial charge in [-0.1, -0.05) is 0 Å². The van der Waals surface area contributed by atoms with E-state index in [0.717, 1.165) is 17.0 Å². The molecule has 0 radical (unpaired) electrons. The van der Waals surface area contributed by atoms with Crippen LogP contribution in [0.15, 0.2) is 0 Å². The Morgan fingerprint density at radius 2 is 2.04 bits per heavy atom. The number of carbonyl (C=O) groups excluding carboxylic acids is 2. The Labute approximate surface area is 147 Å². The number of rotatable bonds is 4. The molecule has 1 aromatic rings. The van der Waals surface area contributed by atoms with Crippen LogP contribution in [0.4, 0.5) is 0 Å². The first-order chi connectivity index (χ1) is 12.0. The Bertz CT molecular complexity index is 651. The fourth-order valence-corrected chi connectivity index (χ4v) is 3.50. The van der Waals surface area contributed by atoms with Crippen molar-refractivity contribution in [2.75, 3.05) is 26.3 Å². The largest absolute Gasteiger partial charge is 0.378 e. The summed E-state index contributed by atoms with van der Waals surface area (Å²) in [6.45, 7) is 8.50. The maximum absolute atomic E-state index is 12.4. The van der Waals surface area contributed by atoms with E-state index < -0.39 is 0 Å². The Morgan fingerprint density at radius 1 is 1.32 bits per heavy atom. The van der Waals surface area contributed by atoms with Gasteiger partial charge < -0.3 is 15.0 Å². The number of carbonyl (C=O) groups is 2. The van der Waals surface area contributed by atoms with Gasteiger partial charge in [0.25, 0.3) is 0 Å². The molecule has 2 aliphatic rings. The third kappa shape index (κ3) is 4.01. The van der Waals surface area contributed by atoms with E-state index in [1.807, 2.05) is 30.4 Å². The van der Waals surface area contributed by atoms with Crippen molar-refractivity contribution in [2.24, 2.45) is 0 Å². The highest BCUT2D eigenvalue weighted by atomic mass is 16.5. The first-order valence-electron chi connectivity index (χ1n) is 8.91. The highest BCUT2D eigenvalue weighted by Crippen LogP contribution is 2.19. The Balaban J connectivity index is 1.67. The van der Waals surface area contributed by atoms with E-state index in [1.165, 1.54) is 0 Å². The highest BCUT2D eigenvalue weighted by Gasteiger charge is 2.27. The number of morpholine rings is 1. The molecule has 2 amide bonds. The minimum absolute atomic E-state index is 0.0212. The van der Waals surface area contributed by atoms with Gasteiger partial charge in [0.05, 0.1) is 18.9 Å². The van der Waals surface area contributed by atoms with Crippen molar-refractivity contribution < 1.29 is 14.3 Å². The summed E-state index contributed by atoms with van der Waals surface area (Å²) in [5.74, 6) is 0.181. The molecule has 3 rings (SSSR count). The number of nitrogens with one attached hydrogen (secondary N) is 2. The molecule has 2 unspecified atom stereocenters. The molecular weight excluding hydrogens is 322 g/mol. The fourth-order valence-electron chi connectivity index (χ4n) is 3.50. The van der Waals surface area contributed by atoms with Gasteiger partial charge in [0, 0.05) is 37.7 Å². The molecule has 8 nitrogen and oxygen atoms in total. The zero-order chi connectivity index (χ0) is 18.0. The zero-order valence-electron chi connectivity index (χ0n) is 15.2. The maximum atomic E-state index is 12.4. The summed E-state index contributed by atoms with van der Waals surface area (Å²) in [6.07, 6.45) is 1.26. The number of nitrogens with zero attached hydrogens (tertiary/aromatic N) is 3. The van der Waals surface area contributed by atoms with E-state index in [2.05, 4.69) is 15.7 Å². The molecule has 2 saturated heterocycles. The quantitative estimate of drug-likeness (QED) is 0.813. The number of hydrogen-bond donors (Lipinski definition) is 2. The molecule has 138 valence electrons. The van der Waals surface area contributed by atoms with E-state index in [4.69, 9.17) is 4.74 Å². The van der Waals surface area contributed by atoms with Gasteiger partial charge in [-0.25, -0.2) is 4.68 Å². The summed E-state index contributed by atoms with van der Waals surface area (Å²) in [4.78, 5) is 26.0. The van der Waals surface area contributed by atoms with Crippen molar-refractivity contribution >= 4 is 11.8 Å². The van der Waals surface area contributed by atoms with Gasteiger partial charge in [-0.05, 0) is 32.8 Å². The highest BCUT2D eigenvalue weighted by molar-refractivity contribution is 5.77. The first-order valence-corrected chi connectivity index (χ1v) is 8.91. The van der Waals surface area contributed by atoms with Crippen LogP contribution in [0.2, 0.25) is 0 Å². The van der Waals surface area contributed by atoms with Crippen molar-refractivity contribution in [1.82, 2.24) is 25.3 Å². The van der Waals surface area contributed by atoms with E-state index in [-0.39, 0.29) is 24.1 Å². The molecule has 2 atom stereocenters. The molecule has 8 heteroatoms. The third-order valence-corrected chi connectivity index (χ3v) is 4.90. The van der Waals surface area contributed by atoms with Crippen molar-refractivity contribution in [3.05, 3.63) is 17.0 Å². The average molecular weight is 349 g/mol.